The molecule has 1 saturated heterocycles. The van der Waals surface area contributed by atoms with Crippen LogP contribution in [-0.4, -0.2) is 43.4 Å². The van der Waals surface area contributed by atoms with Crippen LogP contribution in [0.25, 0.3) is 10.2 Å². The molecule has 1 atom stereocenters. The highest BCUT2D eigenvalue weighted by atomic mass is 32.2. The van der Waals surface area contributed by atoms with E-state index in [1.165, 1.54) is 27.0 Å². The molecule has 2 aromatic heterocycles. The number of hydrogen-bond donors (Lipinski definition) is 0. The smallest absolute Gasteiger partial charge is 0.252 e. The number of thiazole rings is 1. The maximum absolute atomic E-state index is 12.9. The summed E-state index contributed by atoms with van der Waals surface area (Å²) in [6.45, 7) is 0.596. The Balaban J connectivity index is 1.62. The summed E-state index contributed by atoms with van der Waals surface area (Å²) in [6.07, 6.45) is 1.28. The van der Waals surface area contributed by atoms with Crippen molar-refractivity contribution in [1.82, 2.24) is 8.87 Å². The summed E-state index contributed by atoms with van der Waals surface area (Å²) in [6, 6.07) is 9.05. The topological polar surface area (TPSA) is 81.0 Å². The number of fused-ring (bicyclic) bond motifs is 1. The Morgan fingerprint density at radius 2 is 2.10 bits per heavy atom. The molecule has 7 nitrogen and oxygen atoms in total. The molecule has 0 radical (unpaired) electrons. The molecule has 1 aliphatic heterocycles. The Hall–Kier alpha value is -2.01. The van der Waals surface area contributed by atoms with Gasteiger partial charge in [-0.15, -0.1) is 11.3 Å². The fraction of sp³-hybridized carbons (Fsp3) is 0.368. The number of thiophene rings is 1. The molecule has 0 aliphatic carbocycles. The van der Waals surface area contributed by atoms with Crippen molar-refractivity contribution >= 4 is 48.8 Å². The van der Waals surface area contributed by atoms with E-state index in [0.717, 1.165) is 16.0 Å². The van der Waals surface area contributed by atoms with Gasteiger partial charge >= 0.3 is 0 Å². The Morgan fingerprint density at radius 3 is 2.83 bits per heavy atom. The van der Waals surface area contributed by atoms with Gasteiger partial charge in [0.25, 0.3) is 15.9 Å². The fourth-order valence-corrected chi connectivity index (χ4v) is 7.24. The number of aryl methyl sites for hydroxylation is 1. The normalized spacial score (nSPS) is 19.0. The number of rotatable bonds is 4. The van der Waals surface area contributed by atoms with Gasteiger partial charge < -0.3 is 9.30 Å². The average Bonchev–Trinajstić information content (AvgIpc) is 3.37. The zero-order chi connectivity index (χ0) is 20.6. The van der Waals surface area contributed by atoms with Crippen LogP contribution in [0.1, 0.15) is 12.8 Å². The minimum atomic E-state index is -3.56. The van der Waals surface area contributed by atoms with Crippen LogP contribution in [0.5, 0.6) is 5.75 Å². The molecular weight excluding hydrogens is 430 g/mol. The lowest BCUT2D eigenvalue weighted by Crippen LogP contribution is -2.42. The van der Waals surface area contributed by atoms with Crippen LogP contribution in [-0.2, 0) is 21.9 Å². The van der Waals surface area contributed by atoms with Gasteiger partial charge in [-0.05, 0) is 36.4 Å². The highest BCUT2D eigenvalue weighted by Gasteiger charge is 2.33. The van der Waals surface area contributed by atoms with Gasteiger partial charge in [0, 0.05) is 20.1 Å². The second kappa shape index (κ2) is 8.02. The Kier molecular flexibility index (Phi) is 5.60. The molecule has 3 aromatic rings. The molecule has 1 aliphatic rings. The maximum atomic E-state index is 12.9. The lowest BCUT2D eigenvalue weighted by molar-refractivity contribution is -0.122. The van der Waals surface area contributed by atoms with Crippen LogP contribution in [0.15, 0.2) is 44.9 Å². The summed E-state index contributed by atoms with van der Waals surface area (Å²) in [5, 5.41) is 1.74. The first-order chi connectivity index (χ1) is 13.9. The second-order valence-electron chi connectivity index (χ2n) is 6.84. The molecule has 0 spiro atoms. The minimum absolute atomic E-state index is 0.167. The summed E-state index contributed by atoms with van der Waals surface area (Å²) < 4.78 is 35.6. The van der Waals surface area contributed by atoms with Crippen molar-refractivity contribution < 1.29 is 17.9 Å². The van der Waals surface area contributed by atoms with Gasteiger partial charge in [0.2, 0.25) is 0 Å². The van der Waals surface area contributed by atoms with Crippen molar-refractivity contribution in [3.63, 3.8) is 0 Å². The fourth-order valence-electron chi connectivity index (χ4n) is 3.53. The van der Waals surface area contributed by atoms with E-state index in [-0.39, 0.29) is 12.5 Å². The number of hydrogen-bond acceptors (Lipinski definition) is 6. The molecule has 4 rings (SSSR count). The van der Waals surface area contributed by atoms with E-state index in [1.54, 1.807) is 24.6 Å². The number of ether oxygens (including phenoxy) is 1. The van der Waals surface area contributed by atoms with Crippen molar-refractivity contribution in [3.8, 4) is 5.75 Å². The van der Waals surface area contributed by atoms with Gasteiger partial charge in [-0.3, -0.25) is 4.79 Å². The Bertz CT molecular complexity index is 1210. The molecule has 29 heavy (non-hydrogen) atoms. The number of methoxy groups -OCH3 is 1. The first-order valence-corrected chi connectivity index (χ1v) is 12.3. The summed E-state index contributed by atoms with van der Waals surface area (Å²) in [5.41, 5.74) is 0.886. The van der Waals surface area contributed by atoms with Gasteiger partial charge in [0.1, 0.15) is 15.5 Å². The first kappa shape index (κ1) is 20.3. The number of sulfonamides is 1. The quantitative estimate of drug-likeness (QED) is 0.611. The monoisotopic (exact) mass is 451 g/mol. The van der Waals surface area contributed by atoms with E-state index in [0.29, 0.717) is 28.4 Å². The van der Waals surface area contributed by atoms with Gasteiger partial charge in [-0.25, -0.2) is 8.42 Å². The van der Waals surface area contributed by atoms with E-state index in [9.17, 15) is 13.2 Å². The van der Waals surface area contributed by atoms with Crippen molar-refractivity contribution in [1.29, 1.82) is 0 Å². The molecule has 0 saturated carbocycles. The summed E-state index contributed by atoms with van der Waals surface area (Å²) in [5.74, 6) is 0.00355. The molecule has 154 valence electrons. The van der Waals surface area contributed by atoms with Gasteiger partial charge in [0.15, 0.2) is 4.80 Å². The summed E-state index contributed by atoms with van der Waals surface area (Å²) in [7, 11) is -0.0976. The summed E-state index contributed by atoms with van der Waals surface area (Å²) in [4.78, 5) is 17.8. The Morgan fingerprint density at radius 1 is 1.28 bits per heavy atom. The predicted molar refractivity (Wildman–Crippen MR) is 114 cm³/mol. The van der Waals surface area contributed by atoms with E-state index in [1.807, 2.05) is 29.8 Å². The van der Waals surface area contributed by atoms with E-state index >= 15 is 0 Å². The first-order valence-electron chi connectivity index (χ1n) is 9.16. The minimum Gasteiger partial charge on any atom is -0.495 e. The van der Waals surface area contributed by atoms with Crippen LogP contribution in [0.4, 0.5) is 0 Å². The average molecular weight is 452 g/mol. The van der Waals surface area contributed by atoms with Crippen molar-refractivity contribution in [2.24, 2.45) is 18.0 Å². The zero-order valence-corrected chi connectivity index (χ0v) is 18.5. The van der Waals surface area contributed by atoms with Crippen LogP contribution < -0.4 is 9.54 Å². The third-order valence-electron chi connectivity index (χ3n) is 5.03. The number of para-hydroxylation sites is 1. The van der Waals surface area contributed by atoms with Crippen LogP contribution >= 0.6 is 22.7 Å². The number of carbonyl (C=O) groups excluding carboxylic acids is 1. The molecule has 1 fully saturated rings. The molecule has 10 heteroatoms. The van der Waals surface area contributed by atoms with Gasteiger partial charge in [0.05, 0.1) is 17.7 Å². The standard InChI is InChI=1S/C19H21N3O4S3/c1-21-17-14(26-2)7-3-8-15(17)28-19(21)20-18(23)13-6-4-10-22(12-13)29(24,25)16-9-5-11-27-16/h3,5,7-9,11,13H,4,6,10,12H2,1-2H3. The van der Waals surface area contributed by atoms with E-state index in [2.05, 4.69) is 4.99 Å². The highest BCUT2D eigenvalue weighted by molar-refractivity contribution is 7.91. The lowest BCUT2D eigenvalue weighted by Gasteiger charge is -2.29. The van der Waals surface area contributed by atoms with E-state index in [4.69, 9.17) is 4.74 Å². The molecule has 1 amide bonds. The molecule has 0 N–H and O–H groups in total. The number of carbonyl (C=O) groups is 1. The number of benzene rings is 1. The predicted octanol–water partition coefficient (Wildman–Crippen LogP) is 2.84. The highest BCUT2D eigenvalue weighted by Crippen LogP contribution is 2.28. The van der Waals surface area contributed by atoms with Crippen LogP contribution in [0, 0.1) is 5.92 Å². The van der Waals surface area contributed by atoms with Gasteiger partial charge in [-0.2, -0.15) is 9.30 Å². The molecule has 0 bridgehead atoms. The van der Waals surface area contributed by atoms with Gasteiger partial charge in [-0.1, -0.05) is 23.5 Å². The number of piperidine rings is 1. The number of aromatic nitrogens is 1. The van der Waals surface area contributed by atoms with Crippen molar-refractivity contribution in [2.45, 2.75) is 17.1 Å². The third kappa shape index (κ3) is 3.77. The maximum Gasteiger partial charge on any atom is 0.252 e. The number of nitrogens with zero attached hydrogens (tertiary/aromatic N) is 3. The van der Waals surface area contributed by atoms with E-state index < -0.39 is 15.9 Å². The van der Waals surface area contributed by atoms with Crippen LogP contribution in [0.3, 0.4) is 0 Å². The number of amides is 1. The third-order valence-corrected chi connectivity index (χ3v) is 9.37. The van der Waals surface area contributed by atoms with Crippen molar-refractivity contribution in [2.75, 3.05) is 20.2 Å². The zero-order valence-electron chi connectivity index (χ0n) is 16.1. The molecule has 1 aromatic carbocycles. The van der Waals surface area contributed by atoms with Crippen LogP contribution in [0.2, 0.25) is 0 Å². The molecule has 3 heterocycles. The largest absolute Gasteiger partial charge is 0.495 e. The second-order valence-corrected chi connectivity index (χ2v) is 11.0. The summed E-state index contributed by atoms with van der Waals surface area (Å²) >= 11 is 2.61. The molecule has 1 unspecified atom stereocenters. The van der Waals surface area contributed by atoms with Crippen molar-refractivity contribution in [3.05, 3.63) is 40.5 Å². The molecular formula is C19H21N3O4S3. The Labute approximate surface area is 176 Å². The lowest BCUT2D eigenvalue weighted by atomic mass is 9.99. The SMILES string of the molecule is COc1cccc2sc(=NC(=O)C3CCCN(S(=O)(=O)c4cccs4)C3)n(C)c12.